The van der Waals surface area contributed by atoms with Gasteiger partial charge in [-0.2, -0.15) is 4.39 Å². The minimum Gasteiger partial charge on any atom is -0.346 e. The lowest BCUT2D eigenvalue weighted by Crippen LogP contribution is -1.98. The Balaban J connectivity index is 2.72. The molecule has 1 aromatic heterocycles. The van der Waals surface area contributed by atoms with E-state index in [1.165, 1.54) is 0 Å². The standard InChI is InChI=1S/C6H6Cl2FNS/c1-10-4-2-3-5(10)11-6(7,8)9/h2-4H,1H3. The number of thioether (sulfide) groups is 1. The zero-order chi connectivity index (χ0) is 8.48. The van der Waals surface area contributed by atoms with E-state index in [1.54, 1.807) is 29.9 Å². The Kier molecular flexibility index (Phi) is 2.73. The lowest BCUT2D eigenvalue weighted by atomic mass is 10.7. The molecule has 0 aromatic carbocycles. The van der Waals surface area contributed by atoms with Gasteiger partial charge in [0.2, 0.25) is 0 Å². The average molecular weight is 214 g/mol. The molecule has 0 atom stereocenters. The SMILES string of the molecule is Cn1cccc1SC(F)(Cl)Cl. The Labute approximate surface area is 78.5 Å². The Bertz CT molecular complexity index is 243. The Morgan fingerprint density at radius 3 is 2.64 bits per heavy atom. The molecular formula is C6H6Cl2FNS. The zero-order valence-electron chi connectivity index (χ0n) is 5.72. The molecule has 0 saturated carbocycles. The second-order valence-corrected chi connectivity index (χ2v) is 4.87. The van der Waals surface area contributed by atoms with Crippen molar-refractivity contribution in [2.45, 2.75) is 8.95 Å². The van der Waals surface area contributed by atoms with Crippen LogP contribution < -0.4 is 0 Å². The molecule has 0 aliphatic heterocycles. The van der Waals surface area contributed by atoms with Crippen LogP contribution in [0.25, 0.3) is 0 Å². The van der Waals surface area contributed by atoms with Gasteiger partial charge in [-0.3, -0.25) is 0 Å². The number of hydrogen-bond acceptors (Lipinski definition) is 1. The molecule has 0 amide bonds. The van der Waals surface area contributed by atoms with Crippen LogP contribution in [-0.2, 0) is 7.05 Å². The van der Waals surface area contributed by atoms with Gasteiger partial charge in [0.05, 0.1) is 5.03 Å². The summed E-state index contributed by atoms with van der Waals surface area (Å²) in [6.45, 7) is 0. The van der Waals surface area contributed by atoms with Crippen molar-refractivity contribution in [2.24, 2.45) is 7.05 Å². The van der Waals surface area contributed by atoms with E-state index in [2.05, 4.69) is 0 Å². The third kappa shape index (κ3) is 2.93. The molecule has 0 saturated heterocycles. The van der Waals surface area contributed by atoms with Crippen molar-refractivity contribution in [3.05, 3.63) is 18.3 Å². The monoisotopic (exact) mass is 213 g/mol. The minimum atomic E-state index is -2.24. The molecule has 1 rings (SSSR count). The third-order valence-electron chi connectivity index (χ3n) is 1.12. The zero-order valence-corrected chi connectivity index (χ0v) is 8.05. The van der Waals surface area contributed by atoms with Crippen LogP contribution in [0.2, 0.25) is 0 Å². The van der Waals surface area contributed by atoms with Gasteiger partial charge in [0.25, 0.3) is 0 Å². The molecular weight excluding hydrogens is 208 g/mol. The highest BCUT2D eigenvalue weighted by molar-refractivity contribution is 8.03. The first-order valence-corrected chi connectivity index (χ1v) is 4.43. The summed E-state index contributed by atoms with van der Waals surface area (Å²) in [4.78, 5) is 0. The summed E-state index contributed by atoms with van der Waals surface area (Å²) in [7, 11) is 1.79. The molecule has 0 spiro atoms. The van der Waals surface area contributed by atoms with Crippen LogP contribution in [0.5, 0.6) is 0 Å². The number of rotatable bonds is 2. The van der Waals surface area contributed by atoms with E-state index >= 15 is 0 Å². The molecule has 11 heavy (non-hydrogen) atoms. The van der Waals surface area contributed by atoms with Crippen molar-refractivity contribution in [1.82, 2.24) is 4.57 Å². The maximum atomic E-state index is 12.6. The van der Waals surface area contributed by atoms with Crippen LogP contribution >= 0.6 is 35.0 Å². The van der Waals surface area contributed by atoms with Crippen LogP contribution in [0.1, 0.15) is 0 Å². The molecule has 62 valence electrons. The van der Waals surface area contributed by atoms with E-state index in [0.29, 0.717) is 5.03 Å². The lowest BCUT2D eigenvalue weighted by molar-refractivity contribution is 0.514. The first-order valence-electron chi connectivity index (χ1n) is 2.86. The number of nitrogens with zero attached hydrogens (tertiary/aromatic N) is 1. The van der Waals surface area contributed by atoms with Gasteiger partial charge in [-0.25, -0.2) is 0 Å². The van der Waals surface area contributed by atoms with E-state index in [4.69, 9.17) is 23.2 Å². The molecule has 1 aromatic rings. The summed E-state index contributed by atoms with van der Waals surface area (Å²) in [6, 6.07) is 3.53. The van der Waals surface area contributed by atoms with E-state index in [9.17, 15) is 4.39 Å². The molecule has 0 N–H and O–H groups in total. The lowest BCUT2D eigenvalue weighted by Gasteiger charge is -2.08. The number of alkyl halides is 3. The average Bonchev–Trinajstić information content (AvgIpc) is 2.12. The van der Waals surface area contributed by atoms with Crippen molar-refractivity contribution < 1.29 is 4.39 Å². The Morgan fingerprint density at radius 1 is 1.64 bits per heavy atom. The maximum Gasteiger partial charge on any atom is 0.310 e. The van der Waals surface area contributed by atoms with Gasteiger partial charge in [-0.1, -0.05) is 23.2 Å². The van der Waals surface area contributed by atoms with Gasteiger partial charge in [0.1, 0.15) is 0 Å². The molecule has 0 aliphatic rings. The first kappa shape index (κ1) is 9.23. The summed E-state index contributed by atoms with van der Waals surface area (Å²) in [5, 5.41) is 0.692. The first-order chi connectivity index (χ1) is 4.99. The maximum absolute atomic E-state index is 12.6. The van der Waals surface area contributed by atoms with Gasteiger partial charge < -0.3 is 4.57 Å². The van der Waals surface area contributed by atoms with Gasteiger partial charge >= 0.3 is 3.92 Å². The predicted molar refractivity (Wildman–Crippen MR) is 46.8 cm³/mol. The number of aromatic nitrogens is 1. The molecule has 0 fully saturated rings. The normalized spacial score (nSPS) is 12.0. The Morgan fingerprint density at radius 2 is 2.27 bits per heavy atom. The van der Waals surface area contributed by atoms with E-state index in [-0.39, 0.29) is 0 Å². The minimum absolute atomic E-state index is 0.692. The molecule has 5 heteroatoms. The van der Waals surface area contributed by atoms with E-state index < -0.39 is 3.92 Å². The van der Waals surface area contributed by atoms with Crippen LogP contribution in [0, 0.1) is 0 Å². The van der Waals surface area contributed by atoms with Gasteiger partial charge in [-0.15, -0.1) is 0 Å². The van der Waals surface area contributed by atoms with Crippen LogP contribution in [-0.4, -0.2) is 8.49 Å². The van der Waals surface area contributed by atoms with Crippen molar-refractivity contribution in [3.8, 4) is 0 Å². The van der Waals surface area contributed by atoms with Gasteiger partial charge in [0.15, 0.2) is 0 Å². The fourth-order valence-electron chi connectivity index (χ4n) is 0.670. The molecule has 0 aliphatic carbocycles. The largest absolute Gasteiger partial charge is 0.346 e. The molecule has 0 bridgehead atoms. The quantitative estimate of drug-likeness (QED) is 0.540. The molecule has 1 heterocycles. The summed E-state index contributed by atoms with van der Waals surface area (Å²) < 4.78 is 12.1. The fraction of sp³-hybridized carbons (Fsp3) is 0.333. The summed E-state index contributed by atoms with van der Waals surface area (Å²) >= 11 is 11.1. The summed E-state index contributed by atoms with van der Waals surface area (Å²) in [6.07, 6.45) is 1.79. The molecule has 1 nitrogen and oxygen atoms in total. The van der Waals surface area contributed by atoms with Crippen molar-refractivity contribution in [3.63, 3.8) is 0 Å². The van der Waals surface area contributed by atoms with Crippen molar-refractivity contribution >= 4 is 35.0 Å². The smallest absolute Gasteiger partial charge is 0.310 e. The third-order valence-corrected chi connectivity index (χ3v) is 2.44. The number of halogens is 3. The fourth-order valence-corrected chi connectivity index (χ4v) is 1.73. The van der Waals surface area contributed by atoms with Crippen molar-refractivity contribution in [1.29, 1.82) is 0 Å². The number of hydrogen-bond donors (Lipinski definition) is 0. The van der Waals surface area contributed by atoms with Crippen LogP contribution in [0.15, 0.2) is 23.4 Å². The highest BCUT2D eigenvalue weighted by Gasteiger charge is 2.24. The van der Waals surface area contributed by atoms with E-state index in [0.717, 1.165) is 11.8 Å². The number of aryl methyl sites for hydroxylation is 1. The second kappa shape index (κ2) is 3.25. The highest BCUT2D eigenvalue weighted by Crippen LogP contribution is 2.40. The summed E-state index contributed by atoms with van der Waals surface area (Å²) in [5.41, 5.74) is 0. The van der Waals surface area contributed by atoms with E-state index in [1.807, 2.05) is 0 Å². The topological polar surface area (TPSA) is 4.93 Å². The molecule has 0 radical (unpaired) electrons. The summed E-state index contributed by atoms with van der Waals surface area (Å²) in [5.74, 6) is 0. The van der Waals surface area contributed by atoms with Crippen LogP contribution in [0.3, 0.4) is 0 Å². The predicted octanol–water partition coefficient (Wildman–Crippen LogP) is 3.18. The van der Waals surface area contributed by atoms with Gasteiger partial charge in [-0.05, 0) is 23.9 Å². The van der Waals surface area contributed by atoms with Gasteiger partial charge in [0, 0.05) is 13.2 Å². The molecule has 0 unspecified atom stereocenters. The Hall–Kier alpha value is 0.140. The second-order valence-electron chi connectivity index (χ2n) is 2.01. The van der Waals surface area contributed by atoms with Crippen molar-refractivity contribution in [2.75, 3.05) is 0 Å². The van der Waals surface area contributed by atoms with Crippen LogP contribution in [0.4, 0.5) is 4.39 Å². The highest BCUT2D eigenvalue weighted by atomic mass is 35.5.